The molecule has 0 unspecified atom stereocenters. The second-order valence-corrected chi connectivity index (χ2v) is 6.62. The van der Waals surface area contributed by atoms with E-state index in [-0.39, 0.29) is 5.69 Å². The molecule has 1 aliphatic heterocycles. The molecule has 4 nitrogen and oxygen atoms in total. The molecule has 0 amide bonds. The van der Waals surface area contributed by atoms with E-state index in [4.69, 9.17) is 0 Å². The van der Waals surface area contributed by atoms with Gasteiger partial charge in [-0.3, -0.25) is 0 Å². The van der Waals surface area contributed by atoms with Gasteiger partial charge >= 0.3 is 5.97 Å². The zero-order chi connectivity index (χ0) is 18.1. The molecule has 2 aromatic carbocycles. The van der Waals surface area contributed by atoms with E-state index in [1.807, 2.05) is 49.4 Å². The van der Waals surface area contributed by atoms with Crippen molar-refractivity contribution >= 4 is 11.7 Å². The smallest absolute Gasteiger partial charge is 0.355 e. The van der Waals surface area contributed by atoms with Crippen molar-refractivity contribution in [1.82, 2.24) is 4.98 Å². The van der Waals surface area contributed by atoms with Crippen LogP contribution >= 0.6 is 0 Å². The number of carboxylic acid groups (broad SMARTS) is 1. The van der Waals surface area contributed by atoms with Crippen molar-refractivity contribution in [1.29, 1.82) is 0 Å². The lowest BCUT2D eigenvalue weighted by Gasteiger charge is -2.19. The minimum absolute atomic E-state index is 0.0943. The van der Waals surface area contributed by atoms with Gasteiger partial charge in [0.25, 0.3) is 0 Å². The number of aromatic nitrogens is 1. The van der Waals surface area contributed by atoms with Crippen LogP contribution in [0.1, 0.15) is 28.0 Å². The number of aryl methyl sites for hydroxylation is 2. The molecule has 0 atom stereocenters. The van der Waals surface area contributed by atoms with Crippen LogP contribution in [0.25, 0.3) is 22.4 Å². The summed E-state index contributed by atoms with van der Waals surface area (Å²) in [7, 11) is 0. The van der Waals surface area contributed by atoms with Gasteiger partial charge in [-0.2, -0.15) is 0 Å². The van der Waals surface area contributed by atoms with Gasteiger partial charge in [0.05, 0.1) is 5.69 Å². The summed E-state index contributed by atoms with van der Waals surface area (Å²) in [5.74, 6) is -1.01. The molecule has 0 fully saturated rings. The molecule has 3 aromatic rings. The molecule has 0 bridgehead atoms. The Morgan fingerprint density at radius 2 is 1.88 bits per heavy atom. The van der Waals surface area contributed by atoms with Crippen LogP contribution in [0.3, 0.4) is 0 Å². The van der Waals surface area contributed by atoms with E-state index in [1.54, 1.807) is 0 Å². The number of nitrogens with one attached hydrogen (secondary N) is 1. The van der Waals surface area contributed by atoms with Gasteiger partial charge in [-0.05, 0) is 48.6 Å². The Hall–Kier alpha value is -3.14. The van der Waals surface area contributed by atoms with Crippen molar-refractivity contribution in [2.24, 2.45) is 0 Å². The van der Waals surface area contributed by atoms with Gasteiger partial charge in [-0.1, -0.05) is 42.5 Å². The molecule has 2 heterocycles. The highest BCUT2D eigenvalue weighted by atomic mass is 16.4. The number of hydrogen-bond acceptors (Lipinski definition) is 3. The second kappa shape index (κ2) is 6.64. The van der Waals surface area contributed by atoms with Crippen LogP contribution in [-0.4, -0.2) is 22.6 Å². The molecular weight excluding hydrogens is 324 g/mol. The van der Waals surface area contributed by atoms with Crippen LogP contribution in [0.4, 0.5) is 5.69 Å². The number of pyridine rings is 1. The number of carboxylic acids is 1. The Bertz CT molecular complexity index is 981. The summed E-state index contributed by atoms with van der Waals surface area (Å²) < 4.78 is 0. The van der Waals surface area contributed by atoms with Crippen molar-refractivity contribution in [2.45, 2.75) is 19.8 Å². The third kappa shape index (κ3) is 2.94. The summed E-state index contributed by atoms with van der Waals surface area (Å²) in [4.78, 5) is 16.4. The Morgan fingerprint density at radius 3 is 2.65 bits per heavy atom. The molecule has 0 spiro atoms. The van der Waals surface area contributed by atoms with Crippen LogP contribution in [0.5, 0.6) is 0 Å². The fraction of sp³-hybridized carbons (Fsp3) is 0.182. The lowest BCUT2D eigenvalue weighted by Crippen LogP contribution is -2.11. The number of benzene rings is 2. The first-order valence-corrected chi connectivity index (χ1v) is 8.81. The molecule has 130 valence electrons. The average Bonchev–Trinajstić information content (AvgIpc) is 2.67. The Kier molecular flexibility index (Phi) is 4.17. The highest BCUT2D eigenvalue weighted by Gasteiger charge is 2.19. The quantitative estimate of drug-likeness (QED) is 0.718. The largest absolute Gasteiger partial charge is 0.476 e. The minimum atomic E-state index is -1.01. The Labute approximate surface area is 152 Å². The first kappa shape index (κ1) is 16.3. The van der Waals surface area contributed by atoms with Crippen molar-refractivity contribution < 1.29 is 9.90 Å². The van der Waals surface area contributed by atoms with Crippen LogP contribution in [0.2, 0.25) is 0 Å². The Morgan fingerprint density at radius 1 is 1.08 bits per heavy atom. The molecular formula is C22H20N2O2. The molecule has 0 aliphatic carbocycles. The molecule has 0 saturated carbocycles. The van der Waals surface area contributed by atoms with Gasteiger partial charge in [0.1, 0.15) is 0 Å². The summed E-state index contributed by atoms with van der Waals surface area (Å²) >= 11 is 0. The average molecular weight is 344 g/mol. The topological polar surface area (TPSA) is 62.2 Å². The zero-order valence-corrected chi connectivity index (χ0v) is 14.6. The normalized spacial score (nSPS) is 13.0. The first-order chi connectivity index (χ1) is 12.6. The fourth-order valence-electron chi connectivity index (χ4n) is 3.56. The molecule has 1 aromatic heterocycles. The van der Waals surface area contributed by atoms with Crippen LogP contribution in [0.15, 0.2) is 54.6 Å². The standard InChI is InChI=1S/C22H20N2O2/c1-14-12-19(17-10-9-15-8-5-11-23-18(15)13-17)24-21(22(25)26)20(14)16-6-3-2-4-7-16/h2-4,6-7,9-10,12-13,23H,5,8,11H2,1H3,(H,25,26). The highest BCUT2D eigenvalue weighted by molar-refractivity contribution is 5.96. The molecule has 1 aliphatic rings. The maximum atomic E-state index is 11.9. The van der Waals surface area contributed by atoms with E-state index in [9.17, 15) is 9.90 Å². The van der Waals surface area contributed by atoms with E-state index >= 15 is 0 Å². The number of hydrogen-bond donors (Lipinski definition) is 2. The van der Waals surface area contributed by atoms with Crippen molar-refractivity contribution in [3.63, 3.8) is 0 Å². The predicted molar refractivity (Wildman–Crippen MR) is 104 cm³/mol. The molecule has 0 radical (unpaired) electrons. The number of rotatable bonds is 3. The van der Waals surface area contributed by atoms with E-state index in [1.165, 1.54) is 5.56 Å². The summed E-state index contributed by atoms with van der Waals surface area (Å²) in [6.45, 7) is 2.91. The number of aromatic carboxylic acids is 1. The molecule has 26 heavy (non-hydrogen) atoms. The third-order valence-electron chi connectivity index (χ3n) is 4.83. The van der Waals surface area contributed by atoms with Gasteiger partial charge in [-0.15, -0.1) is 0 Å². The van der Waals surface area contributed by atoms with E-state index in [0.717, 1.165) is 41.8 Å². The van der Waals surface area contributed by atoms with E-state index in [0.29, 0.717) is 11.3 Å². The maximum absolute atomic E-state index is 11.9. The lowest BCUT2D eigenvalue weighted by molar-refractivity contribution is 0.0691. The molecule has 4 rings (SSSR count). The summed E-state index contributed by atoms with van der Waals surface area (Å²) in [6, 6.07) is 17.7. The lowest BCUT2D eigenvalue weighted by atomic mass is 9.95. The summed E-state index contributed by atoms with van der Waals surface area (Å²) in [6.07, 6.45) is 2.21. The van der Waals surface area contributed by atoms with Gasteiger partial charge in [0.2, 0.25) is 0 Å². The first-order valence-electron chi connectivity index (χ1n) is 8.81. The molecule has 2 N–H and O–H groups in total. The van der Waals surface area contributed by atoms with Crippen LogP contribution in [0, 0.1) is 6.92 Å². The van der Waals surface area contributed by atoms with Crippen LogP contribution < -0.4 is 5.32 Å². The number of carbonyl (C=O) groups is 1. The zero-order valence-electron chi connectivity index (χ0n) is 14.6. The fourth-order valence-corrected chi connectivity index (χ4v) is 3.56. The number of anilines is 1. The molecule has 0 saturated heterocycles. The monoisotopic (exact) mass is 344 g/mol. The van der Waals surface area contributed by atoms with Gasteiger partial charge in [0, 0.05) is 23.4 Å². The Balaban J connectivity index is 1.85. The third-order valence-corrected chi connectivity index (χ3v) is 4.83. The summed E-state index contributed by atoms with van der Waals surface area (Å²) in [5.41, 5.74) is 6.60. The minimum Gasteiger partial charge on any atom is -0.476 e. The van der Waals surface area contributed by atoms with Gasteiger partial charge in [-0.25, -0.2) is 9.78 Å². The van der Waals surface area contributed by atoms with Crippen molar-refractivity contribution in [2.75, 3.05) is 11.9 Å². The maximum Gasteiger partial charge on any atom is 0.355 e. The van der Waals surface area contributed by atoms with E-state index < -0.39 is 5.97 Å². The number of fused-ring (bicyclic) bond motifs is 1. The van der Waals surface area contributed by atoms with Crippen molar-refractivity contribution in [3.8, 4) is 22.4 Å². The highest BCUT2D eigenvalue weighted by Crippen LogP contribution is 2.32. The van der Waals surface area contributed by atoms with Gasteiger partial charge in [0.15, 0.2) is 5.69 Å². The molecule has 4 heteroatoms. The second-order valence-electron chi connectivity index (χ2n) is 6.62. The SMILES string of the molecule is Cc1cc(-c2ccc3c(c2)NCCC3)nc(C(=O)O)c1-c1ccccc1. The van der Waals surface area contributed by atoms with E-state index in [2.05, 4.69) is 22.4 Å². The number of nitrogens with zero attached hydrogens (tertiary/aromatic N) is 1. The summed E-state index contributed by atoms with van der Waals surface area (Å²) in [5, 5.41) is 13.2. The van der Waals surface area contributed by atoms with Crippen LogP contribution in [-0.2, 0) is 6.42 Å². The predicted octanol–water partition coefficient (Wildman–Crippen LogP) is 4.78. The van der Waals surface area contributed by atoms with Crippen molar-refractivity contribution in [3.05, 3.63) is 71.4 Å². The van der Waals surface area contributed by atoms with Gasteiger partial charge < -0.3 is 10.4 Å².